The van der Waals surface area contributed by atoms with Crippen LogP contribution >= 0.6 is 0 Å². The molecule has 0 aliphatic heterocycles. The average molecular weight is 299 g/mol. The summed E-state index contributed by atoms with van der Waals surface area (Å²) in [6, 6.07) is 15.1. The molecule has 0 aliphatic carbocycles. The third-order valence-electron chi connectivity index (χ3n) is 3.07. The van der Waals surface area contributed by atoms with E-state index in [1.807, 2.05) is 30.3 Å². The van der Waals surface area contributed by atoms with E-state index in [1.165, 1.54) is 12.1 Å². The maximum atomic E-state index is 11.7. The van der Waals surface area contributed by atoms with E-state index in [1.54, 1.807) is 12.1 Å². The molecule has 0 unspecified atom stereocenters. The first-order valence-electron chi connectivity index (χ1n) is 6.88. The van der Waals surface area contributed by atoms with Gasteiger partial charge in [0.25, 0.3) is 0 Å². The van der Waals surface area contributed by atoms with Crippen LogP contribution in [0.1, 0.15) is 11.1 Å². The topological polar surface area (TPSA) is 75.6 Å². The summed E-state index contributed by atoms with van der Waals surface area (Å²) in [4.78, 5) is 22.8. The molecule has 0 bridgehead atoms. The van der Waals surface area contributed by atoms with Crippen LogP contribution in [0.4, 0.5) is 4.79 Å². The number of hydrogen-bond acceptors (Lipinski definition) is 4. The van der Waals surface area contributed by atoms with Gasteiger partial charge in [0.15, 0.2) is 0 Å². The van der Waals surface area contributed by atoms with Crippen LogP contribution in [0.3, 0.4) is 0 Å². The number of benzene rings is 2. The zero-order valence-electron chi connectivity index (χ0n) is 11.9. The number of rotatable bonds is 6. The molecule has 2 aromatic rings. The molecule has 1 amide bonds. The van der Waals surface area contributed by atoms with Crippen LogP contribution in [0.2, 0.25) is 0 Å². The molecule has 5 nitrogen and oxygen atoms in total. The van der Waals surface area contributed by atoms with Gasteiger partial charge in [-0.1, -0.05) is 42.5 Å². The normalized spacial score (nSPS) is 11.5. The quantitative estimate of drug-likeness (QED) is 0.803. The molecule has 0 saturated heterocycles. The highest BCUT2D eigenvalue weighted by Gasteiger charge is 2.13. The predicted molar refractivity (Wildman–Crippen MR) is 81.4 cm³/mol. The Bertz CT molecular complexity index is 610. The van der Waals surface area contributed by atoms with Gasteiger partial charge >= 0.3 is 6.09 Å². The van der Waals surface area contributed by atoms with Crippen LogP contribution in [-0.4, -0.2) is 23.5 Å². The molecule has 0 aromatic heterocycles. The molecule has 2 aromatic carbocycles. The molecule has 0 fully saturated rings. The number of phenolic OH excluding ortho intramolecular Hbond substituents is 1. The Kier molecular flexibility index (Phi) is 5.54. The van der Waals surface area contributed by atoms with Gasteiger partial charge < -0.3 is 20.0 Å². The fraction of sp³-hybridized carbons (Fsp3) is 0.176. The van der Waals surface area contributed by atoms with Gasteiger partial charge in [-0.2, -0.15) is 0 Å². The Morgan fingerprint density at radius 1 is 1.09 bits per heavy atom. The number of alkyl carbamates (subject to hydrolysis) is 1. The third-order valence-corrected chi connectivity index (χ3v) is 3.07. The largest absolute Gasteiger partial charge is 0.508 e. The van der Waals surface area contributed by atoms with Gasteiger partial charge in [0.05, 0.1) is 6.04 Å². The van der Waals surface area contributed by atoms with E-state index in [4.69, 9.17) is 4.74 Å². The molecule has 22 heavy (non-hydrogen) atoms. The minimum atomic E-state index is -0.673. The number of aldehydes is 1. The van der Waals surface area contributed by atoms with Crippen LogP contribution in [-0.2, 0) is 22.6 Å². The number of hydrogen-bond donors (Lipinski definition) is 2. The number of carbonyl (C=O) groups is 2. The highest BCUT2D eigenvalue weighted by Crippen LogP contribution is 2.11. The molecule has 1 atom stereocenters. The van der Waals surface area contributed by atoms with Crippen molar-refractivity contribution in [2.75, 3.05) is 0 Å². The van der Waals surface area contributed by atoms with E-state index in [9.17, 15) is 14.7 Å². The van der Waals surface area contributed by atoms with Crippen molar-refractivity contribution in [2.45, 2.75) is 19.1 Å². The van der Waals surface area contributed by atoms with Gasteiger partial charge in [-0.3, -0.25) is 0 Å². The van der Waals surface area contributed by atoms with Crippen LogP contribution in [0.5, 0.6) is 5.75 Å². The zero-order valence-corrected chi connectivity index (χ0v) is 11.9. The number of aromatic hydroxyl groups is 1. The summed E-state index contributed by atoms with van der Waals surface area (Å²) >= 11 is 0. The SMILES string of the molecule is O=C[C@H](Cc1ccc(O)cc1)NC(=O)OCc1ccccc1. The van der Waals surface area contributed by atoms with E-state index in [0.29, 0.717) is 12.7 Å². The Balaban J connectivity index is 1.83. The minimum absolute atomic E-state index is 0.150. The maximum Gasteiger partial charge on any atom is 0.408 e. The maximum absolute atomic E-state index is 11.7. The number of phenols is 1. The second-order valence-corrected chi connectivity index (χ2v) is 4.82. The second kappa shape index (κ2) is 7.83. The fourth-order valence-corrected chi connectivity index (χ4v) is 1.94. The standard InChI is InChI=1S/C17H17NO4/c19-11-15(10-13-6-8-16(20)9-7-13)18-17(21)22-12-14-4-2-1-3-5-14/h1-9,11,15,20H,10,12H2,(H,18,21)/t15-/m0/s1. The molecule has 0 aliphatic rings. The first kappa shape index (κ1) is 15.6. The van der Waals surface area contributed by atoms with Gasteiger partial charge in [-0.25, -0.2) is 4.79 Å². The predicted octanol–water partition coefficient (Wildman–Crippen LogP) is 2.43. The van der Waals surface area contributed by atoms with Crippen molar-refractivity contribution in [1.29, 1.82) is 0 Å². The van der Waals surface area contributed by atoms with Crippen molar-refractivity contribution < 1.29 is 19.4 Å². The number of nitrogens with one attached hydrogen (secondary N) is 1. The Morgan fingerprint density at radius 3 is 2.41 bits per heavy atom. The molecular weight excluding hydrogens is 282 g/mol. The Morgan fingerprint density at radius 2 is 1.77 bits per heavy atom. The molecule has 0 heterocycles. The molecule has 2 N–H and O–H groups in total. The van der Waals surface area contributed by atoms with E-state index < -0.39 is 12.1 Å². The molecule has 5 heteroatoms. The van der Waals surface area contributed by atoms with Gasteiger partial charge in [0, 0.05) is 0 Å². The summed E-state index contributed by atoms with van der Waals surface area (Å²) in [7, 11) is 0. The molecule has 0 saturated carbocycles. The number of carbonyl (C=O) groups excluding carboxylic acids is 2. The van der Waals surface area contributed by atoms with Crippen molar-refractivity contribution in [3.05, 3.63) is 65.7 Å². The van der Waals surface area contributed by atoms with Gasteiger partial charge in [-0.05, 0) is 29.7 Å². The van der Waals surface area contributed by atoms with Crippen LogP contribution in [0, 0.1) is 0 Å². The van der Waals surface area contributed by atoms with Gasteiger partial charge in [0.1, 0.15) is 18.6 Å². The smallest absolute Gasteiger partial charge is 0.408 e. The first-order valence-corrected chi connectivity index (χ1v) is 6.88. The number of ether oxygens (including phenoxy) is 1. The monoisotopic (exact) mass is 299 g/mol. The fourth-order valence-electron chi connectivity index (χ4n) is 1.94. The lowest BCUT2D eigenvalue weighted by Gasteiger charge is -2.13. The minimum Gasteiger partial charge on any atom is -0.508 e. The lowest BCUT2D eigenvalue weighted by Crippen LogP contribution is -2.37. The van der Waals surface area contributed by atoms with E-state index >= 15 is 0 Å². The molecule has 0 spiro atoms. The van der Waals surface area contributed by atoms with Gasteiger partial charge in [-0.15, -0.1) is 0 Å². The van der Waals surface area contributed by atoms with E-state index in [-0.39, 0.29) is 12.4 Å². The lowest BCUT2D eigenvalue weighted by atomic mass is 10.1. The third kappa shape index (κ3) is 4.94. The van der Waals surface area contributed by atoms with Crippen molar-refractivity contribution in [3.63, 3.8) is 0 Å². The lowest BCUT2D eigenvalue weighted by molar-refractivity contribution is -0.109. The van der Waals surface area contributed by atoms with Crippen LogP contribution in [0.15, 0.2) is 54.6 Å². The zero-order chi connectivity index (χ0) is 15.8. The molecular formula is C17H17NO4. The van der Waals surface area contributed by atoms with E-state index in [0.717, 1.165) is 11.1 Å². The Labute approximate surface area is 128 Å². The summed E-state index contributed by atoms with van der Waals surface area (Å²) in [5.74, 6) is 0.154. The summed E-state index contributed by atoms with van der Waals surface area (Å²) in [6.07, 6.45) is 0.362. The van der Waals surface area contributed by atoms with Crippen LogP contribution < -0.4 is 5.32 Å². The van der Waals surface area contributed by atoms with Gasteiger partial charge in [0.2, 0.25) is 0 Å². The number of amides is 1. The summed E-state index contributed by atoms with van der Waals surface area (Å²) in [5.41, 5.74) is 1.71. The molecule has 114 valence electrons. The first-order chi connectivity index (χ1) is 10.7. The van der Waals surface area contributed by atoms with Crippen LogP contribution in [0.25, 0.3) is 0 Å². The van der Waals surface area contributed by atoms with Crippen molar-refractivity contribution in [1.82, 2.24) is 5.32 Å². The summed E-state index contributed by atoms with van der Waals surface area (Å²) < 4.78 is 5.07. The second-order valence-electron chi connectivity index (χ2n) is 4.82. The summed E-state index contributed by atoms with van der Waals surface area (Å²) in [6.45, 7) is 0.150. The van der Waals surface area contributed by atoms with Crippen molar-refractivity contribution in [2.24, 2.45) is 0 Å². The highest BCUT2D eigenvalue weighted by molar-refractivity contribution is 5.73. The average Bonchev–Trinajstić information content (AvgIpc) is 2.55. The summed E-state index contributed by atoms with van der Waals surface area (Å²) in [5, 5.41) is 11.7. The molecule has 0 radical (unpaired) electrons. The van der Waals surface area contributed by atoms with E-state index in [2.05, 4.69) is 5.32 Å². The van der Waals surface area contributed by atoms with Crippen molar-refractivity contribution in [3.8, 4) is 5.75 Å². The molecule has 2 rings (SSSR count). The Hall–Kier alpha value is -2.82. The van der Waals surface area contributed by atoms with Crippen molar-refractivity contribution >= 4 is 12.4 Å². The highest BCUT2D eigenvalue weighted by atomic mass is 16.5.